The molecule has 5 rings (SSSR count). The van der Waals surface area contributed by atoms with Gasteiger partial charge in [0.15, 0.2) is 5.60 Å². The normalized spacial score (nSPS) is 19.2. The van der Waals surface area contributed by atoms with Gasteiger partial charge in [0.05, 0.1) is 0 Å². The van der Waals surface area contributed by atoms with Crippen molar-refractivity contribution in [3.63, 3.8) is 0 Å². The highest BCUT2D eigenvalue weighted by atomic mass is 16.6. The predicted molar refractivity (Wildman–Crippen MR) is 121 cm³/mol. The zero-order chi connectivity index (χ0) is 22.0. The molecule has 0 bridgehead atoms. The highest BCUT2D eigenvalue weighted by molar-refractivity contribution is 5.77. The van der Waals surface area contributed by atoms with E-state index in [9.17, 15) is 9.59 Å². The highest BCUT2D eigenvalue weighted by Crippen LogP contribution is 2.45. The molecule has 162 valence electrons. The molecule has 2 fully saturated rings. The van der Waals surface area contributed by atoms with Crippen LogP contribution in [-0.4, -0.2) is 47.6 Å². The summed E-state index contributed by atoms with van der Waals surface area (Å²) in [4.78, 5) is 29.5. The average Bonchev–Trinajstić information content (AvgIpc) is 3.17. The number of hydrogen-bond acceptors (Lipinski definition) is 3. The van der Waals surface area contributed by atoms with Gasteiger partial charge in [-0.05, 0) is 5.56 Å². The van der Waals surface area contributed by atoms with Crippen molar-refractivity contribution in [3.05, 3.63) is 108 Å². The van der Waals surface area contributed by atoms with Gasteiger partial charge in [-0.1, -0.05) is 91.0 Å². The van der Waals surface area contributed by atoms with E-state index in [1.165, 1.54) is 0 Å². The van der Waals surface area contributed by atoms with Crippen LogP contribution < -0.4 is 5.32 Å². The molecule has 1 atom stereocenters. The van der Waals surface area contributed by atoms with Crippen molar-refractivity contribution in [2.75, 3.05) is 19.6 Å². The van der Waals surface area contributed by atoms with Gasteiger partial charge in [-0.2, -0.15) is 0 Å². The van der Waals surface area contributed by atoms with Crippen molar-refractivity contribution in [2.24, 2.45) is 0 Å². The number of nitrogens with one attached hydrogen (secondary N) is 1. The molecule has 6 heteroatoms. The Morgan fingerprint density at radius 3 is 2.03 bits per heavy atom. The van der Waals surface area contributed by atoms with E-state index in [1.54, 1.807) is 9.80 Å². The first-order chi connectivity index (χ1) is 15.7. The lowest BCUT2D eigenvalue weighted by Gasteiger charge is -2.42. The number of ether oxygens (including phenoxy) is 1. The van der Waals surface area contributed by atoms with Gasteiger partial charge in [0.25, 0.3) is 0 Å². The van der Waals surface area contributed by atoms with Crippen LogP contribution in [0.3, 0.4) is 0 Å². The molecule has 32 heavy (non-hydrogen) atoms. The largest absolute Gasteiger partial charge is 0.431 e. The van der Waals surface area contributed by atoms with Gasteiger partial charge < -0.3 is 15.0 Å². The first kappa shape index (κ1) is 20.1. The lowest BCUT2D eigenvalue weighted by Crippen LogP contribution is -2.59. The van der Waals surface area contributed by atoms with Crippen LogP contribution in [0.15, 0.2) is 91.0 Å². The van der Waals surface area contributed by atoms with Crippen molar-refractivity contribution >= 4 is 12.1 Å². The lowest BCUT2D eigenvalue weighted by atomic mass is 9.79. The Morgan fingerprint density at radius 2 is 1.44 bits per heavy atom. The minimum absolute atomic E-state index is 0.136. The summed E-state index contributed by atoms with van der Waals surface area (Å²) >= 11 is 0. The van der Waals surface area contributed by atoms with Crippen molar-refractivity contribution in [1.82, 2.24) is 15.1 Å². The highest BCUT2D eigenvalue weighted by Gasteiger charge is 2.58. The molecule has 3 amide bonds. The summed E-state index contributed by atoms with van der Waals surface area (Å²) in [5.74, 6) is 0. The number of carbonyl (C=O) groups is 2. The third-order valence-corrected chi connectivity index (χ3v) is 6.31. The maximum Gasteiger partial charge on any atom is 0.411 e. The van der Waals surface area contributed by atoms with Crippen molar-refractivity contribution < 1.29 is 14.3 Å². The summed E-state index contributed by atoms with van der Waals surface area (Å²) in [5.41, 5.74) is 1.87. The van der Waals surface area contributed by atoms with Crippen LogP contribution in [0.1, 0.15) is 16.7 Å². The molecular weight excluding hydrogens is 402 g/mol. The maximum atomic E-state index is 13.0. The molecule has 0 radical (unpaired) electrons. The molecule has 3 aromatic rings. The van der Waals surface area contributed by atoms with E-state index < -0.39 is 5.60 Å². The molecular formula is C26H25N3O3. The van der Waals surface area contributed by atoms with Gasteiger partial charge >= 0.3 is 12.1 Å². The van der Waals surface area contributed by atoms with E-state index in [4.69, 9.17) is 4.74 Å². The number of benzene rings is 3. The first-order valence-corrected chi connectivity index (χ1v) is 10.9. The predicted octanol–water partition coefficient (Wildman–Crippen LogP) is 3.98. The second kappa shape index (κ2) is 8.38. The Kier molecular flexibility index (Phi) is 5.27. The van der Waals surface area contributed by atoms with E-state index in [0.29, 0.717) is 26.2 Å². The molecule has 3 aromatic carbocycles. The summed E-state index contributed by atoms with van der Waals surface area (Å²) < 4.78 is 6.15. The van der Waals surface area contributed by atoms with Crippen LogP contribution in [-0.2, 0) is 16.9 Å². The molecule has 0 spiro atoms. The Balaban J connectivity index is 1.45. The van der Waals surface area contributed by atoms with Crippen LogP contribution in [0.25, 0.3) is 0 Å². The van der Waals surface area contributed by atoms with Crippen molar-refractivity contribution in [2.45, 2.75) is 18.2 Å². The second-order valence-corrected chi connectivity index (χ2v) is 8.14. The standard InChI is InChI=1S/C26H25N3O3/c30-24(27-18-20-10-4-1-5-11-20)28-16-17-29-23(19-28)26(32-25(29)31,21-12-6-2-7-13-21)22-14-8-3-9-15-22/h1-15,23H,16-19H2,(H,27,30). The number of fused-ring (bicyclic) bond motifs is 1. The molecule has 2 saturated heterocycles. The number of urea groups is 1. The number of piperazine rings is 1. The lowest BCUT2D eigenvalue weighted by molar-refractivity contribution is 0.0511. The molecule has 2 aliphatic rings. The van der Waals surface area contributed by atoms with Crippen LogP contribution in [0.4, 0.5) is 9.59 Å². The summed E-state index contributed by atoms with van der Waals surface area (Å²) in [6.45, 7) is 1.74. The summed E-state index contributed by atoms with van der Waals surface area (Å²) in [5, 5.41) is 3.01. The fourth-order valence-electron chi connectivity index (χ4n) is 4.72. The van der Waals surface area contributed by atoms with E-state index in [1.807, 2.05) is 91.0 Å². The van der Waals surface area contributed by atoms with Gasteiger partial charge in [-0.15, -0.1) is 0 Å². The van der Waals surface area contributed by atoms with E-state index in [2.05, 4.69) is 5.32 Å². The molecule has 1 unspecified atom stereocenters. The minimum atomic E-state index is -0.974. The van der Waals surface area contributed by atoms with Gasteiger partial charge in [0.1, 0.15) is 6.04 Å². The molecule has 0 aromatic heterocycles. The molecule has 0 aliphatic carbocycles. The Labute approximate surface area is 187 Å². The maximum absolute atomic E-state index is 13.0. The minimum Gasteiger partial charge on any atom is -0.431 e. The molecule has 6 nitrogen and oxygen atoms in total. The van der Waals surface area contributed by atoms with E-state index in [0.717, 1.165) is 16.7 Å². The quantitative estimate of drug-likeness (QED) is 0.685. The number of carbonyl (C=O) groups excluding carboxylic acids is 2. The van der Waals surface area contributed by atoms with Crippen molar-refractivity contribution in [1.29, 1.82) is 0 Å². The number of nitrogens with zero attached hydrogens (tertiary/aromatic N) is 2. The summed E-state index contributed by atoms with van der Waals surface area (Å²) in [6, 6.07) is 29.0. The molecule has 2 heterocycles. The number of cyclic esters (lactones) is 1. The third kappa shape index (κ3) is 3.47. The fourth-order valence-corrected chi connectivity index (χ4v) is 4.72. The topological polar surface area (TPSA) is 61.9 Å². The SMILES string of the molecule is O=C(NCc1ccccc1)N1CCN2C(=O)OC(c3ccccc3)(c3ccccc3)C2C1. The van der Waals surface area contributed by atoms with Gasteiger partial charge in [0.2, 0.25) is 0 Å². The molecule has 2 aliphatic heterocycles. The zero-order valence-corrected chi connectivity index (χ0v) is 17.7. The Morgan fingerprint density at radius 1 is 0.875 bits per heavy atom. The summed E-state index contributed by atoms with van der Waals surface area (Å²) in [7, 11) is 0. The van der Waals surface area contributed by atoms with Crippen molar-refractivity contribution in [3.8, 4) is 0 Å². The number of amides is 3. The van der Waals surface area contributed by atoms with Gasteiger partial charge in [-0.25, -0.2) is 9.59 Å². The van der Waals surface area contributed by atoms with E-state index in [-0.39, 0.29) is 18.2 Å². The summed E-state index contributed by atoms with van der Waals surface area (Å²) in [6.07, 6.45) is -0.341. The Hall–Kier alpha value is -3.80. The average molecular weight is 428 g/mol. The van der Waals surface area contributed by atoms with E-state index >= 15 is 0 Å². The first-order valence-electron chi connectivity index (χ1n) is 10.9. The third-order valence-electron chi connectivity index (χ3n) is 6.31. The van der Waals surface area contributed by atoms with Crippen LogP contribution >= 0.6 is 0 Å². The van der Waals surface area contributed by atoms with Crippen LogP contribution in [0.5, 0.6) is 0 Å². The second-order valence-electron chi connectivity index (χ2n) is 8.14. The number of hydrogen-bond donors (Lipinski definition) is 1. The fraction of sp³-hybridized carbons (Fsp3) is 0.231. The van der Waals surface area contributed by atoms with Crippen LogP contribution in [0.2, 0.25) is 0 Å². The van der Waals surface area contributed by atoms with Gasteiger partial charge in [0, 0.05) is 37.3 Å². The van der Waals surface area contributed by atoms with Crippen LogP contribution in [0, 0.1) is 0 Å². The monoisotopic (exact) mass is 427 g/mol. The number of rotatable bonds is 4. The Bertz CT molecular complexity index is 1050. The van der Waals surface area contributed by atoms with Gasteiger partial charge in [-0.3, -0.25) is 4.90 Å². The molecule has 0 saturated carbocycles. The molecule has 1 N–H and O–H groups in total. The smallest absolute Gasteiger partial charge is 0.411 e. The zero-order valence-electron chi connectivity index (χ0n) is 17.7.